The van der Waals surface area contributed by atoms with Crippen LogP contribution in [-0.2, 0) is 0 Å². The second kappa shape index (κ2) is 5.06. The molecule has 0 heterocycles. The van der Waals surface area contributed by atoms with E-state index in [1.807, 2.05) is 18.2 Å². The Morgan fingerprint density at radius 3 is 2.45 bits per heavy atom. The van der Waals surface area contributed by atoms with E-state index in [9.17, 15) is 9.18 Å². The normalized spacial score (nSPS) is 10.7. The molecule has 0 bridgehead atoms. The third-order valence-corrected chi connectivity index (χ3v) is 3.65. The van der Waals surface area contributed by atoms with E-state index in [1.165, 1.54) is 6.07 Å². The number of carbonyl (C=O) groups is 1. The summed E-state index contributed by atoms with van der Waals surface area (Å²) in [6.45, 7) is 0. The van der Waals surface area contributed by atoms with Crippen LogP contribution in [0.3, 0.4) is 0 Å². The van der Waals surface area contributed by atoms with Crippen LogP contribution in [0.15, 0.2) is 54.6 Å². The minimum Gasteiger partial charge on any atom is -0.298 e. The van der Waals surface area contributed by atoms with E-state index in [0.29, 0.717) is 16.0 Å². The van der Waals surface area contributed by atoms with E-state index < -0.39 is 0 Å². The Bertz CT molecular complexity index is 811. The van der Waals surface area contributed by atoms with Crippen molar-refractivity contribution in [3.63, 3.8) is 0 Å². The van der Waals surface area contributed by atoms with E-state index in [1.54, 1.807) is 30.3 Å². The van der Waals surface area contributed by atoms with Crippen LogP contribution in [0.25, 0.3) is 21.9 Å². The van der Waals surface area contributed by atoms with Crippen molar-refractivity contribution in [2.24, 2.45) is 0 Å². The van der Waals surface area contributed by atoms with Crippen molar-refractivity contribution in [2.45, 2.75) is 0 Å². The number of aldehydes is 1. The molecule has 98 valence electrons. The first-order valence-corrected chi connectivity index (χ1v) is 6.51. The molecule has 0 aromatic heterocycles. The molecule has 0 unspecified atom stereocenters. The van der Waals surface area contributed by atoms with Gasteiger partial charge in [-0.2, -0.15) is 0 Å². The van der Waals surface area contributed by atoms with Crippen LogP contribution in [-0.4, -0.2) is 6.29 Å². The summed E-state index contributed by atoms with van der Waals surface area (Å²) in [5.74, 6) is -0.256. The Morgan fingerprint density at radius 2 is 1.70 bits per heavy atom. The van der Waals surface area contributed by atoms with Crippen LogP contribution >= 0.6 is 11.6 Å². The summed E-state index contributed by atoms with van der Waals surface area (Å²) in [7, 11) is 0. The third kappa shape index (κ3) is 2.08. The van der Waals surface area contributed by atoms with Crippen molar-refractivity contribution >= 4 is 28.7 Å². The van der Waals surface area contributed by atoms with E-state index in [-0.39, 0.29) is 5.82 Å². The highest BCUT2D eigenvalue weighted by molar-refractivity contribution is 6.33. The van der Waals surface area contributed by atoms with Gasteiger partial charge in [-0.1, -0.05) is 48.0 Å². The van der Waals surface area contributed by atoms with Crippen molar-refractivity contribution < 1.29 is 9.18 Å². The van der Waals surface area contributed by atoms with E-state index in [4.69, 9.17) is 11.6 Å². The van der Waals surface area contributed by atoms with Crippen LogP contribution in [0.2, 0.25) is 5.02 Å². The number of benzene rings is 3. The Hall–Kier alpha value is -2.19. The summed E-state index contributed by atoms with van der Waals surface area (Å²) < 4.78 is 13.8. The molecule has 0 aliphatic carbocycles. The van der Waals surface area contributed by atoms with E-state index in [2.05, 4.69) is 0 Å². The number of hydrogen-bond acceptors (Lipinski definition) is 1. The first-order chi connectivity index (χ1) is 9.70. The fourth-order valence-electron chi connectivity index (χ4n) is 2.32. The lowest BCUT2D eigenvalue weighted by Gasteiger charge is -2.09. The van der Waals surface area contributed by atoms with Gasteiger partial charge in [0, 0.05) is 10.9 Å². The van der Waals surface area contributed by atoms with Crippen LogP contribution in [0.4, 0.5) is 4.39 Å². The highest BCUT2D eigenvalue weighted by Gasteiger charge is 2.09. The molecule has 0 atom stereocenters. The summed E-state index contributed by atoms with van der Waals surface area (Å²) in [4.78, 5) is 11.0. The van der Waals surface area contributed by atoms with Crippen molar-refractivity contribution in [1.82, 2.24) is 0 Å². The van der Waals surface area contributed by atoms with Crippen molar-refractivity contribution in [3.8, 4) is 11.1 Å². The van der Waals surface area contributed by atoms with Gasteiger partial charge in [-0.3, -0.25) is 4.79 Å². The Kier molecular flexibility index (Phi) is 3.25. The van der Waals surface area contributed by atoms with E-state index in [0.717, 1.165) is 22.8 Å². The Balaban J connectivity index is 2.30. The number of halogens is 2. The van der Waals surface area contributed by atoms with Gasteiger partial charge in [-0.05, 0) is 34.7 Å². The monoisotopic (exact) mass is 284 g/mol. The highest BCUT2D eigenvalue weighted by atomic mass is 35.5. The quantitative estimate of drug-likeness (QED) is 0.598. The number of hydrogen-bond donors (Lipinski definition) is 0. The molecule has 0 spiro atoms. The lowest BCUT2D eigenvalue weighted by molar-refractivity contribution is 0.112. The second-order valence-corrected chi connectivity index (χ2v) is 4.90. The smallest absolute Gasteiger partial charge is 0.151 e. The lowest BCUT2D eigenvalue weighted by atomic mass is 9.97. The molecular weight excluding hydrogens is 275 g/mol. The van der Waals surface area contributed by atoms with Gasteiger partial charge in [-0.25, -0.2) is 4.39 Å². The van der Waals surface area contributed by atoms with Gasteiger partial charge >= 0.3 is 0 Å². The fourth-order valence-corrected chi connectivity index (χ4v) is 2.48. The maximum atomic E-state index is 13.8. The Labute approximate surface area is 120 Å². The molecule has 0 saturated heterocycles. The molecule has 0 radical (unpaired) electrons. The van der Waals surface area contributed by atoms with Crippen molar-refractivity contribution in [3.05, 3.63) is 71.0 Å². The minimum absolute atomic E-state index is 0.256. The summed E-state index contributed by atoms with van der Waals surface area (Å²) in [6, 6.07) is 15.6. The summed E-state index contributed by atoms with van der Waals surface area (Å²) >= 11 is 5.94. The zero-order chi connectivity index (χ0) is 14.1. The first-order valence-electron chi connectivity index (χ1n) is 6.13. The average Bonchev–Trinajstić information content (AvgIpc) is 2.49. The predicted octanol–water partition coefficient (Wildman–Crippen LogP) is 5.11. The standard InChI is InChI=1S/C17H10ClFO/c18-16-7-5-11(9-12(16)10-20)13-6-8-17(19)15-4-2-1-3-14(13)15/h1-10H. The molecule has 0 aliphatic heterocycles. The molecule has 20 heavy (non-hydrogen) atoms. The number of carbonyl (C=O) groups excluding carboxylic acids is 1. The van der Waals surface area contributed by atoms with Crippen LogP contribution in [0.5, 0.6) is 0 Å². The number of rotatable bonds is 2. The first kappa shape index (κ1) is 12.8. The van der Waals surface area contributed by atoms with Crippen LogP contribution in [0, 0.1) is 5.82 Å². The predicted molar refractivity (Wildman–Crippen MR) is 79.7 cm³/mol. The number of fused-ring (bicyclic) bond motifs is 1. The van der Waals surface area contributed by atoms with Crippen molar-refractivity contribution in [2.75, 3.05) is 0 Å². The zero-order valence-corrected chi connectivity index (χ0v) is 11.2. The highest BCUT2D eigenvalue weighted by Crippen LogP contribution is 2.31. The Morgan fingerprint density at radius 1 is 0.950 bits per heavy atom. The lowest BCUT2D eigenvalue weighted by Crippen LogP contribution is -1.88. The molecule has 0 N–H and O–H groups in total. The molecule has 3 aromatic carbocycles. The molecule has 0 amide bonds. The molecule has 0 aliphatic rings. The SMILES string of the molecule is O=Cc1cc(-c2ccc(F)c3ccccc23)ccc1Cl. The molecule has 0 saturated carbocycles. The third-order valence-electron chi connectivity index (χ3n) is 3.30. The molecule has 3 heteroatoms. The molecule has 1 nitrogen and oxygen atoms in total. The largest absolute Gasteiger partial charge is 0.298 e. The summed E-state index contributed by atoms with van der Waals surface area (Å²) in [6.07, 6.45) is 0.720. The molecular formula is C17H10ClFO. The van der Waals surface area contributed by atoms with Crippen molar-refractivity contribution in [1.29, 1.82) is 0 Å². The summed E-state index contributed by atoms with van der Waals surface area (Å²) in [5.41, 5.74) is 2.15. The van der Waals surface area contributed by atoms with Crippen LogP contribution < -0.4 is 0 Å². The second-order valence-electron chi connectivity index (χ2n) is 4.49. The average molecular weight is 285 g/mol. The zero-order valence-electron chi connectivity index (χ0n) is 10.4. The maximum Gasteiger partial charge on any atom is 0.151 e. The van der Waals surface area contributed by atoms with Gasteiger partial charge in [0.05, 0.1) is 5.02 Å². The van der Waals surface area contributed by atoms with Crippen LogP contribution in [0.1, 0.15) is 10.4 Å². The van der Waals surface area contributed by atoms with E-state index >= 15 is 0 Å². The van der Waals surface area contributed by atoms with Gasteiger partial charge in [0.15, 0.2) is 6.29 Å². The molecule has 3 rings (SSSR count). The van der Waals surface area contributed by atoms with Gasteiger partial charge in [0.2, 0.25) is 0 Å². The molecule has 0 fully saturated rings. The summed E-state index contributed by atoms with van der Waals surface area (Å²) in [5, 5.41) is 1.79. The topological polar surface area (TPSA) is 17.1 Å². The molecule has 3 aromatic rings. The maximum absolute atomic E-state index is 13.8. The minimum atomic E-state index is -0.256. The van der Waals surface area contributed by atoms with Gasteiger partial charge in [0.1, 0.15) is 5.82 Å². The van der Waals surface area contributed by atoms with Gasteiger partial charge < -0.3 is 0 Å². The fraction of sp³-hybridized carbons (Fsp3) is 0. The van der Waals surface area contributed by atoms with Gasteiger partial charge in [0.25, 0.3) is 0 Å². The van der Waals surface area contributed by atoms with Gasteiger partial charge in [-0.15, -0.1) is 0 Å².